The van der Waals surface area contributed by atoms with Gasteiger partial charge >= 0.3 is 0 Å². The number of aromatic nitrogens is 1. The number of carbonyl (C=O) groups excluding carboxylic acids is 2. The quantitative estimate of drug-likeness (QED) is 0.748. The Morgan fingerprint density at radius 1 is 1.00 bits per heavy atom. The maximum Gasteiger partial charge on any atom is 0.256 e. The van der Waals surface area contributed by atoms with Crippen molar-refractivity contribution in [3.8, 4) is 0 Å². The van der Waals surface area contributed by atoms with E-state index in [1.54, 1.807) is 30.3 Å². The predicted octanol–water partition coefficient (Wildman–Crippen LogP) is 4.08. The summed E-state index contributed by atoms with van der Waals surface area (Å²) in [6.07, 6.45) is 0.930. The molecule has 0 unspecified atom stereocenters. The fraction of sp³-hybridized carbons (Fsp3) is 0.190. The Balaban J connectivity index is 1.48. The van der Waals surface area contributed by atoms with Gasteiger partial charge in [-0.05, 0) is 48.7 Å². The van der Waals surface area contributed by atoms with E-state index in [1.807, 2.05) is 30.3 Å². The van der Waals surface area contributed by atoms with E-state index in [0.717, 1.165) is 17.3 Å². The summed E-state index contributed by atoms with van der Waals surface area (Å²) in [5.41, 5.74) is 1.93. The Bertz CT molecular complexity index is 999. The third-order valence-electron chi connectivity index (χ3n) is 4.68. The molecule has 0 radical (unpaired) electrons. The Labute approximate surface area is 151 Å². The molecular weight excluding hydrogens is 326 g/mol. The molecule has 26 heavy (non-hydrogen) atoms. The first-order valence-electron chi connectivity index (χ1n) is 8.68. The molecule has 5 nitrogen and oxygen atoms in total. The number of pyridine rings is 1. The minimum Gasteiger partial charge on any atom is -0.326 e. The van der Waals surface area contributed by atoms with Crippen LogP contribution in [0.25, 0.3) is 10.9 Å². The van der Waals surface area contributed by atoms with Crippen LogP contribution in [-0.4, -0.2) is 16.8 Å². The smallest absolute Gasteiger partial charge is 0.256 e. The van der Waals surface area contributed by atoms with E-state index in [4.69, 9.17) is 0 Å². The molecule has 2 amide bonds. The number of rotatable bonds is 4. The Kier molecular flexibility index (Phi) is 4.13. The van der Waals surface area contributed by atoms with Gasteiger partial charge in [-0.15, -0.1) is 0 Å². The normalized spacial score (nSPS) is 18.3. The summed E-state index contributed by atoms with van der Waals surface area (Å²) in [6, 6.07) is 18.4. The van der Waals surface area contributed by atoms with Crippen LogP contribution in [0.4, 0.5) is 11.5 Å². The molecule has 130 valence electrons. The molecule has 2 N–H and O–H groups in total. The zero-order chi connectivity index (χ0) is 18.1. The average Bonchev–Trinajstić information content (AvgIpc) is 3.39. The molecule has 1 aromatic heterocycles. The van der Waals surface area contributed by atoms with Gasteiger partial charge in [-0.3, -0.25) is 9.59 Å². The van der Waals surface area contributed by atoms with Crippen LogP contribution in [0, 0.1) is 11.8 Å². The van der Waals surface area contributed by atoms with E-state index in [-0.39, 0.29) is 17.7 Å². The molecule has 2 atom stereocenters. The van der Waals surface area contributed by atoms with Gasteiger partial charge in [0.05, 0.1) is 5.52 Å². The number of nitrogens with zero attached hydrogens (tertiary/aromatic N) is 1. The zero-order valence-electron chi connectivity index (χ0n) is 14.4. The molecule has 0 spiro atoms. The van der Waals surface area contributed by atoms with Crippen LogP contribution in [0.5, 0.6) is 0 Å². The van der Waals surface area contributed by atoms with Gasteiger partial charge in [0, 0.05) is 22.6 Å². The number of anilines is 2. The van der Waals surface area contributed by atoms with E-state index in [9.17, 15) is 9.59 Å². The van der Waals surface area contributed by atoms with Crippen molar-refractivity contribution in [1.82, 2.24) is 4.98 Å². The second kappa shape index (κ2) is 6.59. The molecule has 1 saturated carbocycles. The molecule has 1 fully saturated rings. The lowest BCUT2D eigenvalue weighted by atomic mass is 10.1. The Morgan fingerprint density at radius 2 is 1.81 bits per heavy atom. The van der Waals surface area contributed by atoms with Crippen molar-refractivity contribution >= 4 is 34.2 Å². The average molecular weight is 345 g/mol. The maximum absolute atomic E-state index is 12.5. The highest BCUT2D eigenvalue weighted by Crippen LogP contribution is 2.38. The van der Waals surface area contributed by atoms with E-state index in [2.05, 4.69) is 22.5 Å². The molecule has 1 heterocycles. The zero-order valence-corrected chi connectivity index (χ0v) is 14.4. The first-order valence-corrected chi connectivity index (χ1v) is 8.68. The summed E-state index contributed by atoms with van der Waals surface area (Å²) in [6.45, 7) is 2.06. The summed E-state index contributed by atoms with van der Waals surface area (Å²) >= 11 is 0. The highest BCUT2D eigenvalue weighted by molar-refractivity contribution is 6.05. The standard InChI is InChI=1S/C21H19N3O2/c1-13-11-17(13)21(26)22-16-7-4-6-15(12-16)20(25)24-19-10-9-14-5-2-3-8-18(14)23-19/h2-10,12-13,17H,11H2,1H3,(H,22,26)(H,23,24,25)/t13-,17+/m0/s1. The van der Waals surface area contributed by atoms with Crippen molar-refractivity contribution in [2.45, 2.75) is 13.3 Å². The number of hydrogen-bond donors (Lipinski definition) is 2. The molecule has 3 aromatic rings. The molecule has 5 heteroatoms. The van der Waals surface area contributed by atoms with Crippen LogP contribution in [0.3, 0.4) is 0 Å². The van der Waals surface area contributed by atoms with Gasteiger partial charge in [0.2, 0.25) is 5.91 Å². The summed E-state index contributed by atoms with van der Waals surface area (Å²) in [7, 11) is 0. The van der Waals surface area contributed by atoms with E-state index >= 15 is 0 Å². The highest BCUT2D eigenvalue weighted by atomic mass is 16.2. The van der Waals surface area contributed by atoms with Gasteiger partial charge in [-0.1, -0.05) is 31.2 Å². The molecular formula is C21H19N3O2. The van der Waals surface area contributed by atoms with E-state index in [0.29, 0.717) is 23.0 Å². The van der Waals surface area contributed by atoms with Crippen LogP contribution in [0.15, 0.2) is 60.7 Å². The first kappa shape index (κ1) is 16.3. The van der Waals surface area contributed by atoms with Crippen LogP contribution < -0.4 is 10.6 Å². The Hall–Kier alpha value is -3.21. The monoisotopic (exact) mass is 345 g/mol. The second-order valence-corrected chi connectivity index (χ2v) is 6.73. The predicted molar refractivity (Wildman–Crippen MR) is 102 cm³/mol. The fourth-order valence-corrected chi connectivity index (χ4v) is 2.98. The van der Waals surface area contributed by atoms with Crippen LogP contribution in [0.2, 0.25) is 0 Å². The fourth-order valence-electron chi connectivity index (χ4n) is 2.98. The van der Waals surface area contributed by atoms with Gasteiger partial charge in [-0.2, -0.15) is 0 Å². The Morgan fingerprint density at radius 3 is 2.62 bits per heavy atom. The molecule has 1 aliphatic rings. The summed E-state index contributed by atoms with van der Waals surface area (Å²) in [5, 5.41) is 6.71. The van der Waals surface area contributed by atoms with Crippen molar-refractivity contribution in [3.63, 3.8) is 0 Å². The second-order valence-electron chi connectivity index (χ2n) is 6.73. The lowest BCUT2D eigenvalue weighted by Gasteiger charge is -2.08. The van der Waals surface area contributed by atoms with Crippen molar-refractivity contribution in [1.29, 1.82) is 0 Å². The molecule has 2 aromatic carbocycles. The van der Waals surface area contributed by atoms with Crippen LogP contribution in [-0.2, 0) is 4.79 Å². The summed E-state index contributed by atoms with van der Waals surface area (Å²) in [5.74, 6) is 0.791. The summed E-state index contributed by atoms with van der Waals surface area (Å²) < 4.78 is 0. The minimum atomic E-state index is -0.260. The largest absolute Gasteiger partial charge is 0.326 e. The van der Waals surface area contributed by atoms with Crippen molar-refractivity contribution in [3.05, 3.63) is 66.2 Å². The minimum absolute atomic E-state index is 0.0197. The van der Waals surface area contributed by atoms with E-state index < -0.39 is 0 Å². The number of fused-ring (bicyclic) bond motifs is 1. The number of para-hydroxylation sites is 1. The van der Waals surface area contributed by atoms with Crippen molar-refractivity contribution in [2.24, 2.45) is 11.8 Å². The number of amides is 2. The van der Waals surface area contributed by atoms with Crippen molar-refractivity contribution in [2.75, 3.05) is 10.6 Å². The molecule has 0 saturated heterocycles. The molecule has 0 aliphatic heterocycles. The topological polar surface area (TPSA) is 71.1 Å². The number of benzene rings is 2. The lowest BCUT2D eigenvalue weighted by molar-refractivity contribution is -0.117. The van der Waals surface area contributed by atoms with Gasteiger partial charge in [0.15, 0.2) is 0 Å². The first-order chi connectivity index (χ1) is 12.6. The number of nitrogens with one attached hydrogen (secondary N) is 2. The maximum atomic E-state index is 12.5. The van der Waals surface area contributed by atoms with Crippen LogP contribution in [0.1, 0.15) is 23.7 Å². The van der Waals surface area contributed by atoms with Gasteiger partial charge < -0.3 is 10.6 Å². The van der Waals surface area contributed by atoms with Crippen molar-refractivity contribution < 1.29 is 9.59 Å². The third kappa shape index (κ3) is 3.42. The SMILES string of the molecule is C[C@H]1C[C@H]1C(=O)Nc1cccc(C(=O)Nc2ccc3ccccc3n2)c1. The molecule has 4 rings (SSSR count). The van der Waals surface area contributed by atoms with Gasteiger partial charge in [0.25, 0.3) is 5.91 Å². The van der Waals surface area contributed by atoms with E-state index in [1.165, 1.54) is 0 Å². The molecule has 1 aliphatic carbocycles. The highest BCUT2D eigenvalue weighted by Gasteiger charge is 2.39. The number of carbonyl (C=O) groups is 2. The summed E-state index contributed by atoms with van der Waals surface area (Å²) in [4.78, 5) is 29.0. The molecule has 0 bridgehead atoms. The third-order valence-corrected chi connectivity index (χ3v) is 4.68. The van der Waals surface area contributed by atoms with Crippen LogP contribution >= 0.6 is 0 Å². The van der Waals surface area contributed by atoms with Gasteiger partial charge in [0.1, 0.15) is 5.82 Å². The number of hydrogen-bond acceptors (Lipinski definition) is 3. The lowest BCUT2D eigenvalue weighted by Crippen LogP contribution is -2.16. The van der Waals surface area contributed by atoms with Gasteiger partial charge in [-0.25, -0.2) is 4.98 Å².